The molecule has 0 radical (unpaired) electrons. The SMILES string of the molecule is CC(C)[C@@H]1COc2ccccc2C(=O)N[C@H](C(=O)NCCc2cnccn2)CCC(=O)N[C@@H](Cc2ccccc2)C(=O)N1. The number of ether oxygens (including phenoxy) is 1. The third-order valence-corrected chi connectivity index (χ3v) is 7.20. The summed E-state index contributed by atoms with van der Waals surface area (Å²) in [5.74, 6) is -1.36. The highest BCUT2D eigenvalue weighted by Crippen LogP contribution is 2.20. The van der Waals surface area contributed by atoms with E-state index in [1.54, 1.807) is 42.9 Å². The van der Waals surface area contributed by atoms with Crippen LogP contribution >= 0.6 is 0 Å². The number of nitrogens with one attached hydrogen (secondary N) is 4. The quantitative estimate of drug-likeness (QED) is 0.330. The zero-order valence-electron chi connectivity index (χ0n) is 24.4. The van der Waals surface area contributed by atoms with Crippen LogP contribution in [0.25, 0.3) is 0 Å². The molecule has 4 amide bonds. The van der Waals surface area contributed by atoms with Gasteiger partial charge in [0.2, 0.25) is 17.7 Å². The number of benzene rings is 2. The fraction of sp³-hybridized carbons (Fsp3) is 0.375. The third kappa shape index (κ3) is 9.35. The predicted molar refractivity (Wildman–Crippen MR) is 160 cm³/mol. The second-order valence-electron chi connectivity index (χ2n) is 10.8. The molecule has 3 aromatic rings. The second-order valence-corrected chi connectivity index (χ2v) is 10.8. The lowest BCUT2D eigenvalue weighted by Gasteiger charge is -2.26. The van der Waals surface area contributed by atoms with Crippen LogP contribution in [0.5, 0.6) is 5.75 Å². The van der Waals surface area contributed by atoms with E-state index in [1.807, 2.05) is 44.2 Å². The first-order valence-corrected chi connectivity index (χ1v) is 14.5. The van der Waals surface area contributed by atoms with E-state index in [9.17, 15) is 19.2 Å². The summed E-state index contributed by atoms with van der Waals surface area (Å²) < 4.78 is 6.06. The molecule has 0 unspecified atom stereocenters. The average molecular weight is 587 g/mol. The van der Waals surface area contributed by atoms with Gasteiger partial charge in [0.1, 0.15) is 24.4 Å². The molecular formula is C32H38N6O5. The minimum Gasteiger partial charge on any atom is -0.491 e. The Hall–Kier alpha value is -4.80. The minimum atomic E-state index is -1.01. The summed E-state index contributed by atoms with van der Waals surface area (Å²) in [6.45, 7) is 4.29. The molecule has 1 aliphatic rings. The summed E-state index contributed by atoms with van der Waals surface area (Å²) in [5.41, 5.74) is 1.84. The van der Waals surface area contributed by atoms with Crippen molar-refractivity contribution in [1.82, 2.24) is 31.2 Å². The molecule has 4 rings (SSSR count). The van der Waals surface area contributed by atoms with Crippen LogP contribution in [0.2, 0.25) is 0 Å². The number of carbonyl (C=O) groups excluding carboxylic acids is 4. The highest BCUT2D eigenvalue weighted by Gasteiger charge is 2.29. The Kier molecular flexibility index (Phi) is 11.2. The highest BCUT2D eigenvalue weighted by molar-refractivity contribution is 5.99. The van der Waals surface area contributed by atoms with E-state index in [4.69, 9.17) is 4.74 Å². The lowest BCUT2D eigenvalue weighted by Crippen LogP contribution is -2.53. The molecule has 2 aromatic carbocycles. The zero-order chi connectivity index (χ0) is 30.6. The predicted octanol–water partition coefficient (Wildman–Crippen LogP) is 1.97. The number of amides is 4. The molecule has 0 bridgehead atoms. The molecule has 11 nitrogen and oxygen atoms in total. The van der Waals surface area contributed by atoms with Crippen LogP contribution in [0.15, 0.2) is 73.2 Å². The van der Waals surface area contributed by atoms with Crippen molar-refractivity contribution in [3.05, 3.63) is 90.0 Å². The molecule has 0 saturated carbocycles. The maximum Gasteiger partial charge on any atom is 0.255 e. The van der Waals surface area contributed by atoms with Gasteiger partial charge >= 0.3 is 0 Å². The van der Waals surface area contributed by atoms with Crippen LogP contribution in [-0.4, -0.2) is 64.9 Å². The van der Waals surface area contributed by atoms with Crippen LogP contribution < -0.4 is 26.0 Å². The summed E-state index contributed by atoms with van der Waals surface area (Å²) in [6.07, 6.45) is 5.42. The molecule has 0 spiro atoms. The van der Waals surface area contributed by atoms with Crippen LogP contribution in [-0.2, 0) is 27.2 Å². The largest absolute Gasteiger partial charge is 0.491 e. The van der Waals surface area contributed by atoms with Gasteiger partial charge in [-0.3, -0.25) is 29.1 Å². The van der Waals surface area contributed by atoms with Crippen LogP contribution in [0.1, 0.15) is 48.3 Å². The lowest BCUT2D eigenvalue weighted by atomic mass is 10.0. The molecule has 2 heterocycles. The van der Waals surface area contributed by atoms with Gasteiger partial charge < -0.3 is 26.0 Å². The molecule has 11 heteroatoms. The molecule has 0 fully saturated rings. The minimum absolute atomic E-state index is 0.00337. The van der Waals surface area contributed by atoms with Gasteiger partial charge in [0.25, 0.3) is 5.91 Å². The Bertz CT molecular complexity index is 1390. The number of fused-ring (bicyclic) bond motifs is 1. The van der Waals surface area contributed by atoms with Crippen molar-refractivity contribution in [3.8, 4) is 5.75 Å². The van der Waals surface area contributed by atoms with Crippen molar-refractivity contribution in [2.75, 3.05) is 13.2 Å². The van der Waals surface area contributed by atoms with E-state index < -0.39 is 35.8 Å². The number of carbonyl (C=O) groups is 4. The van der Waals surface area contributed by atoms with Gasteiger partial charge in [-0.1, -0.05) is 56.3 Å². The fourth-order valence-electron chi connectivity index (χ4n) is 4.65. The van der Waals surface area contributed by atoms with Crippen molar-refractivity contribution in [3.63, 3.8) is 0 Å². The monoisotopic (exact) mass is 586 g/mol. The zero-order valence-corrected chi connectivity index (χ0v) is 24.4. The van der Waals surface area contributed by atoms with E-state index in [2.05, 4.69) is 31.2 Å². The topological polar surface area (TPSA) is 151 Å². The molecule has 4 N–H and O–H groups in total. The van der Waals surface area contributed by atoms with Crippen molar-refractivity contribution < 1.29 is 23.9 Å². The van der Waals surface area contributed by atoms with E-state index in [0.29, 0.717) is 17.9 Å². The smallest absolute Gasteiger partial charge is 0.255 e. The van der Waals surface area contributed by atoms with Gasteiger partial charge in [0, 0.05) is 44.4 Å². The standard InChI is InChI=1S/C32H38N6O5/c1-21(2)27-20-43-28-11-7-6-10-24(28)30(40)37-25(31(41)35-15-14-23-19-33-16-17-34-23)12-13-29(39)36-26(32(42)38-27)18-22-8-4-3-5-9-22/h3-11,16-17,19,21,25-27H,12-15,18,20H2,1-2H3,(H,35,41)(H,36,39)(H,37,40)(H,38,42)/t25-,26-,27-/m0/s1. The summed E-state index contributed by atoms with van der Waals surface area (Å²) in [5, 5.41) is 11.5. The van der Waals surface area contributed by atoms with E-state index in [1.165, 1.54) is 0 Å². The number of aromatic nitrogens is 2. The Morgan fingerprint density at radius 2 is 1.77 bits per heavy atom. The summed E-state index contributed by atoms with van der Waals surface area (Å²) in [7, 11) is 0. The Balaban J connectivity index is 1.57. The Morgan fingerprint density at radius 1 is 1.00 bits per heavy atom. The number of para-hydroxylation sites is 1. The Labute approximate surface area is 251 Å². The molecule has 0 aliphatic carbocycles. The molecule has 1 aliphatic heterocycles. The summed E-state index contributed by atoms with van der Waals surface area (Å²) in [6, 6.07) is 13.9. The van der Waals surface area contributed by atoms with Gasteiger partial charge in [-0.2, -0.15) is 0 Å². The first kappa shape index (κ1) is 31.1. The Morgan fingerprint density at radius 3 is 2.51 bits per heavy atom. The maximum absolute atomic E-state index is 13.5. The van der Waals surface area contributed by atoms with Crippen LogP contribution in [0.4, 0.5) is 0 Å². The average Bonchev–Trinajstić information content (AvgIpc) is 3.01. The van der Waals surface area contributed by atoms with Crippen molar-refractivity contribution in [2.45, 2.75) is 57.7 Å². The van der Waals surface area contributed by atoms with Crippen molar-refractivity contribution in [1.29, 1.82) is 0 Å². The van der Waals surface area contributed by atoms with Crippen molar-refractivity contribution in [2.24, 2.45) is 5.92 Å². The van der Waals surface area contributed by atoms with E-state index in [0.717, 1.165) is 5.56 Å². The molecule has 226 valence electrons. The van der Waals surface area contributed by atoms with Crippen LogP contribution in [0.3, 0.4) is 0 Å². The van der Waals surface area contributed by atoms with Gasteiger partial charge in [0.15, 0.2) is 0 Å². The van der Waals surface area contributed by atoms with Gasteiger partial charge in [-0.15, -0.1) is 0 Å². The summed E-state index contributed by atoms with van der Waals surface area (Å²) >= 11 is 0. The number of nitrogens with zero attached hydrogens (tertiary/aromatic N) is 2. The second kappa shape index (κ2) is 15.4. The maximum atomic E-state index is 13.5. The number of hydrogen-bond acceptors (Lipinski definition) is 7. The number of hydrogen-bond donors (Lipinski definition) is 4. The normalized spacial score (nSPS) is 19.9. The first-order valence-electron chi connectivity index (χ1n) is 14.5. The van der Waals surface area contributed by atoms with Gasteiger partial charge in [0.05, 0.1) is 17.3 Å². The van der Waals surface area contributed by atoms with Crippen molar-refractivity contribution >= 4 is 23.6 Å². The first-order chi connectivity index (χ1) is 20.8. The number of rotatable bonds is 7. The molecule has 1 aromatic heterocycles. The molecule has 43 heavy (non-hydrogen) atoms. The third-order valence-electron chi connectivity index (χ3n) is 7.20. The molecule has 0 saturated heterocycles. The highest BCUT2D eigenvalue weighted by atomic mass is 16.5. The molecular weight excluding hydrogens is 548 g/mol. The van der Waals surface area contributed by atoms with Gasteiger partial charge in [-0.05, 0) is 30.0 Å². The summed E-state index contributed by atoms with van der Waals surface area (Å²) in [4.78, 5) is 61.5. The van der Waals surface area contributed by atoms with E-state index in [-0.39, 0.29) is 49.8 Å². The fourth-order valence-corrected chi connectivity index (χ4v) is 4.65. The van der Waals surface area contributed by atoms with Crippen LogP contribution in [0, 0.1) is 5.92 Å². The lowest BCUT2D eigenvalue weighted by molar-refractivity contribution is -0.130. The molecule has 3 atom stereocenters. The van der Waals surface area contributed by atoms with Gasteiger partial charge in [-0.25, -0.2) is 0 Å². The van der Waals surface area contributed by atoms with E-state index >= 15 is 0 Å².